The number of piperazine rings is 1. The predicted molar refractivity (Wildman–Crippen MR) is 66.0 cm³/mol. The molecule has 0 saturated carbocycles. The van der Waals surface area contributed by atoms with Gasteiger partial charge in [-0.25, -0.2) is 0 Å². The number of hydrogen-bond acceptors (Lipinski definition) is 4. The van der Waals surface area contributed by atoms with Gasteiger partial charge < -0.3 is 5.32 Å². The standard InChI is InChI=1S/C12H15N3O3/c1-9-12(16)13-6-7-14(9)8-10-2-4-11(5-3-10)15(17)18/h2-5,9H,6-8H2,1H3,(H,13,16). The monoisotopic (exact) mass is 249 g/mol. The average molecular weight is 249 g/mol. The first kappa shape index (κ1) is 12.5. The molecule has 1 aromatic rings. The van der Waals surface area contributed by atoms with E-state index < -0.39 is 4.92 Å². The van der Waals surface area contributed by atoms with Gasteiger partial charge in [-0.3, -0.25) is 19.8 Å². The van der Waals surface area contributed by atoms with Crippen molar-refractivity contribution in [3.8, 4) is 0 Å². The number of non-ortho nitro benzene ring substituents is 1. The van der Waals surface area contributed by atoms with Crippen LogP contribution in [0.5, 0.6) is 0 Å². The van der Waals surface area contributed by atoms with Crippen LogP contribution in [-0.4, -0.2) is 34.9 Å². The normalized spacial score (nSPS) is 20.5. The molecule has 1 aliphatic rings. The Kier molecular flexibility index (Phi) is 3.57. The second kappa shape index (κ2) is 5.14. The Morgan fingerprint density at radius 2 is 2.11 bits per heavy atom. The maximum Gasteiger partial charge on any atom is 0.269 e. The highest BCUT2D eigenvalue weighted by molar-refractivity contribution is 5.81. The van der Waals surface area contributed by atoms with E-state index in [-0.39, 0.29) is 17.6 Å². The number of rotatable bonds is 3. The maximum atomic E-state index is 11.5. The first-order valence-electron chi connectivity index (χ1n) is 5.83. The lowest BCUT2D eigenvalue weighted by molar-refractivity contribution is -0.384. The molecule has 1 fully saturated rings. The quantitative estimate of drug-likeness (QED) is 0.638. The van der Waals surface area contributed by atoms with E-state index in [9.17, 15) is 14.9 Å². The highest BCUT2D eigenvalue weighted by atomic mass is 16.6. The van der Waals surface area contributed by atoms with Crippen molar-refractivity contribution >= 4 is 11.6 Å². The molecule has 1 saturated heterocycles. The number of nitrogens with one attached hydrogen (secondary N) is 1. The molecule has 0 bridgehead atoms. The van der Waals surface area contributed by atoms with Crippen molar-refractivity contribution in [2.75, 3.05) is 13.1 Å². The van der Waals surface area contributed by atoms with E-state index in [4.69, 9.17) is 0 Å². The number of carbonyl (C=O) groups excluding carboxylic acids is 1. The van der Waals surface area contributed by atoms with E-state index >= 15 is 0 Å². The first-order valence-corrected chi connectivity index (χ1v) is 5.83. The SMILES string of the molecule is CC1C(=O)NCCN1Cc1ccc([N+](=O)[O-])cc1. The van der Waals surface area contributed by atoms with Gasteiger partial charge in [-0.2, -0.15) is 0 Å². The predicted octanol–water partition coefficient (Wildman–Crippen LogP) is 0.915. The molecule has 1 aliphatic heterocycles. The van der Waals surface area contributed by atoms with Gasteiger partial charge in [0.2, 0.25) is 5.91 Å². The van der Waals surface area contributed by atoms with Gasteiger partial charge in [0.15, 0.2) is 0 Å². The van der Waals surface area contributed by atoms with Crippen LogP contribution in [0.3, 0.4) is 0 Å². The molecule has 2 rings (SSSR count). The topological polar surface area (TPSA) is 75.5 Å². The number of carbonyl (C=O) groups is 1. The Morgan fingerprint density at radius 3 is 2.72 bits per heavy atom. The van der Waals surface area contributed by atoms with Crippen LogP contribution >= 0.6 is 0 Å². The van der Waals surface area contributed by atoms with Gasteiger partial charge in [-0.15, -0.1) is 0 Å². The lowest BCUT2D eigenvalue weighted by Crippen LogP contribution is -2.53. The van der Waals surface area contributed by atoms with Gasteiger partial charge in [0, 0.05) is 31.8 Å². The fraction of sp³-hybridized carbons (Fsp3) is 0.417. The fourth-order valence-corrected chi connectivity index (χ4v) is 2.00. The molecule has 1 amide bonds. The minimum absolute atomic E-state index is 0.0307. The van der Waals surface area contributed by atoms with Crippen LogP contribution < -0.4 is 5.32 Å². The Labute approximate surface area is 105 Å². The van der Waals surface area contributed by atoms with Crippen LogP contribution in [0.2, 0.25) is 0 Å². The third kappa shape index (κ3) is 2.65. The summed E-state index contributed by atoms with van der Waals surface area (Å²) in [6.07, 6.45) is 0. The van der Waals surface area contributed by atoms with E-state index in [0.717, 1.165) is 12.1 Å². The van der Waals surface area contributed by atoms with E-state index in [0.29, 0.717) is 13.1 Å². The zero-order valence-electron chi connectivity index (χ0n) is 10.1. The Balaban J connectivity index is 2.04. The molecule has 1 unspecified atom stereocenters. The number of amides is 1. The Hall–Kier alpha value is -1.95. The van der Waals surface area contributed by atoms with Crippen molar-refractivity contribution in [1.29, 1.82) is 0 Å². The summed E-state index contributed by atoms with van der Waals surface area (Å²) in [6.45, 7) is 3.94. The fourth-order valence-electron chi connectivity index (χ4n) is 2.00. The lowest BCUT2D eigenvalue weighted by atomic mass is 10.1. The molecule has 6 nitrogen and oxygen atoms in total. The van der Waals surface area contributed by atoms with E-state index in [2.05, 4.69) is 10.2 Å². The number of benzene rings is 1. The van der Waals surface area contributed by atoms with Gasteiger partial charge in [-0.1, -0.05) is 12.1 Å². The summed E-state index contributed by atoms with van der Waals surface area (Å²) in [7, 11) is 0. The van der Waals surface area contributed by atoms with Crippen LogP contribution in [-0.2, 0) is 11.3 Å². The minimum atomic E-state index is -0.416. The number of nitro groups is 1. The Morgan fingerprint density at radius 1 is 1.44 bits per heavy atom. The molecule has 6 heteroatoms. The third-order valence-electron chi connectivity index (χ3n) is 3.16. The van der Waals surface area contributed by atoms with Gasteiger partial charge >= 0.3 is 0 Å². The number of nitrogens with zero attached hydrogens (tertiary/aromatic N) is 2. The van der Waals surface area contributed by atoms with Crippen molar-refractivity contribution in [1.82, 2.24) is 10.2 Å². The molecule has 0 aromatic heterocycles. The van der Waals surface area contributed by atoms with E-state index in [1.54, 1.807) is 12.1 Å². The minimum Gasteiger partial charge on any atom is -0.353 e. The molecule has 96 valence electrons. The summed E-state index contributed by atoms with van der Waals surface area (Å²) in [5.41, 5.74) is 1.06. The van der Waals surface area contributed by atoms with Crippen molar-refractivity contribution in [2.45, 2.75) is 19.5 Å². The second-order valence-electron chi connectivity index (χ2n) is 4.36. The molecule has 0 aliphatic carbocycles. The zero-order chi connectivity index (χ0) is 13.1. The van der Waals surface area contributed by atoms with Gasteiger partial charge in [0.05, 0.1) is 11.0 Å². The largest absolute Gasteiger partial charge is 0.353 e. The second-order valence-corrected chi connectivity index (χ2v) is 4.36. The molecule has 0 spiro atoms. The van der Waals surface area contributed by atoms with Crippen LogP contribution in [0.1, 0.15) is 12.5 Å². The molecule has 1 aromatic carbocycles. The van der Waals surface area contributed by atoms with Crippen LogP contribution in [0.4, 0.5) is 5.69 Å². The molecule has 1 heterocycles. The summed E-state index contributed by atoms with van der Waals surface area (Å²) in [5, 5.41) is 13.3. The van der Waals surface area contributed by atoms with Crippen LogP contribution in [0, 0.1) is 10.1 Å². The summed E-state index contributed by atoms with van der Waals surface area (Å²) >= 11 is 0. The Bertz CT molecular complexity index is 458. The first-order chi connectivity index (χ1) is 8.58. The van der Waals surface area contributed by atoms with E-state index in [1.807, 2.05) is 6.92 Å². The number of hydrogen-bond donors (Lipinski definition) is 1. The van der Waals surface area contributed by atoms with Crippen molar-refractivity contribution in [2.24, 2.45) is 0 Å². The zero-order valence-corrected chi connectivity index (χ0v) is 10.1. The molecule has 0 radical (unpaired) electrons. The molecule has 1 atom stereocenters. The lowest BCUT2D eigenvalue weighted by Gasteiger charge is -2.32. The third-order valence-corrected chi connectivity index (χ3v) is 3.16. The summed E-state index contributed by atoms with van der Waals surface area (Å²) in [6, 6.07) is 6.29. The van der Waals surface area contributed by atoms with Gasteiger partial charge in [0.25, 0.3) is 5.69 Å². The van der Waals surface area contributed by atoms with Crippen molar-refractivity contribution in [3.63, 3.8) is 0 Å². The highest BCUT2D eigenvalue weighted by Crippen LogP contribution is 2.15. The smallest absolute Gasteiger partial charge is 0.269 e. The summed E-state index contributed by atoms with van der Waals surface area (Å²) in [4.78, 5) is 23.7. The van der Waals surface area contributed by atoms with Gasteiger partial charge in [-0.05, 0) is 12.5 Å². The number of nitro benzene ring substituents is 1. The molecular formula is C12H15N3O3. The maximum absolute atomic E-state index is 11.5. The summed E-state index contributed by atoms with van der Waals surface area (Å²) in [5.74, 6) is 0.0307. The highest BCUT2D eigenvalue weighted by Gasteiger charge is 2.25. The molecule has 1 N–H and O–H groups in total. The van der Waals surface area contributed by atoms with Crippen LogP contribution in [0.15, 0.2) is 24.3 Å². The average Bonchev–Trinajstić information content (AvgIpc) is 2.36. The van der Waals surface area contributed by atoms with Crippen molar-refractivity contribution in [3.05, 3.63) is 39.9 Å². The van der Waals surface area contributed by atoms with Crippen LogP contribution in [0.25, 0.3) is 0 Å². The van der Waals surface area contributed by atoms with Crippen molar-refractivity contribution < 1.29 is 9.72 Å². The van der Waals surface area contributed by atoms with Gasteiger partial charge in [0.1, 0.15) is 0 Å². The molecular weight excluding hydrogens is 234 g/mol. The molecule has 18 heavy (non-hydrogen) atoms. The summed E-state index contributed by atoms with van der Waals surface area (Å²) < 4.78 is 0. The van der Waals surface area contributed by atoms with E-state index in [1.165, 1.54) is 12.1 Å².